The highest BCUT2D eigenvalue weighted by molar-refractivity contribution is 5.36. The van der Waals surface area contributed by atoms with Crippen LogP contribution in [0.3, 0.4) is 0 Å². The van der Waals surface area contributed by atoms with E-state index in [9.17, 15) is 0 Å². The lowest BCUT2D eigenvalue weighted by atomic mass is 9.82. The molecule has 5 nitrogen and oxygen atoms in total. The maximum Gasteiger partial charge on any atom is 0.257 e. The fourth-order valence-electron chi connectivity index (χ4n) is 2.84. The standard InChI is InChI=1S/C15H19N3O2/c1-19-13(9-16)15-17-14(18-20-15)12-8-4-6-10-5-2-3-7-11(10)12/h2-3,5,7,12-13H,4,6,8-9,16H2,1H3. The number of hydrogen-bond donors (Lipinski definition) is 1. The van der Waals surface area contributed by atoms with Crippen LogP contribution in [0.15, 0.2) is 28.8 Å². The largest absolute Gasteiger partial charge is 0.370 e. The van der Waals surface area contributed by atoms with Crippen molar-refractivity contribution >= 4 is 0 Å². The molecule has 0 spiro atoms. The minimum Gasteiger partial charge on any atom is -0.370 e. The lowest BCUT2D eigenvalue weighted by molar-refractivity contribution is 0.0804. The maximum absolute atomic E-state index is 5.63. The fraction of sp³-hybridized carbons (Fsp3) is 0.467. The third-order valence-corrected chi connectivity index (χ3v) is 3.91. The normalized spacial score (nSPS) is 19.6. The summed E-state index contributed by atoms with van der Waals surface area (Å²) in [5, 5.41) is 4.13. The van der Waals surface area contributed by atoms with Gasteiger partial charge in [-0.2, -0.15) is 4.98 Å². The van der Waals surface area contributed by atoms with E-state index in [4.69, 9.17) is 15.0 Å². The van der Waals surface area contributed by atoms with Crippen molar-refractivity contribution in [2.24, 2.45) is 5.73 Å². The molecular weight excluding hydrogens is 254 g/mol. The first-order valence-corrected chi connectivity index (χ1v) is 6.97. The van der Waals surface area contributed by atoms with Gasteiger partial charge in [0, 0.05) is 19.6 Å². The Labute approximate surface area is 118 Å². The molecule has 0 radical (unpaired) electrons. The van der Waals surface area contributed by atoms with E-state index in [0.29, 0.717) is 12.4 Å². The number of aromatic nitrogens is 2. The zero-order valence-electron chi connectivity index (χ0n) is 11.6. The van der Waals surface area contributed by atoms with Gasteiger partial charge in [0.1, 0.15) is 6.10 Å². The van der Waals surface area contributed by atoms with Crippen molar-refractivity contribution in [2.45, 2.75) is 31.3 Å². The molecule has 3 rings (SSSR count). The lowest BCUT2D eigenvalue weighted by Gasteiger charge is -2.22. The summed E-state index contributed by atoms with van der Waals surface area (Å²) in [6.07, 6.45) is 3.00. The molecule has 0 aliphatic heterocycles. The topological polar surface area (TPSA) is 74.2 Å². The van der Waals surface area contributed by atoms with Gasteiger partial charge in [-0.3, -0.25) is 0 Å². The van der Waals surface area contributed by atoms with Crippen molar-refractivity contribution < 1.29 is 9.26 Å². The van der Waals surface area contributed by atoms with Gasteiger partial charge in [0.2, 0.25) is 0 Å². The van der Waals surface area contributed by atoms with Crippen LogP contribution in [-0.2, 0) is 11.2 Å². The third kappa shape index (κ3) is 2.34. The van der Waals surface area contributed by atoms with Gasteiger partial charge in [0.15, 0.2) is 5.82 Å². The van der Waals surface area contributed by atoms with Crippen LogP contribution in [0, 0.1) is 0 Å². The average molecular weight is 273 g/mol. The van der Waals surface area contributed by atoms with Crippen LogP contribution in [0.25, 0.3) is 0 Å². The summed E-state index contributed by atoms with van der Waals surface area (Å²) in [6, 6.07) is 8.49. The average Bonchev–Trinajstić information content (AvgIpc) is 2.97. The molecule has 2 N–H and O–H groups in total. The third-order valence-electron chi connectivity index (χ3n) is 3.91. The Morgan fingerprint density at radius 2 is 2.30 bits per heavy atom. The lowest BCUT2D eigenvalue weighted by Crippen LogP contribution is -2.15. The molecule has 0 fully saturated rings. The predicted molar refractivity (Wildman–Crippen MR) is 74.3 cm³/mol. The smallest absolute Gasteiger partial charge is 0.257 e. The molecule has 1 aliphatic carbocycles. The molecule has 1 aliphatic rings. The Kier molecular flexibility index (Phi) is 3.80. The molecule has 106 valence electrons. The molecule has 0 bridgehead atoms. The van der Waals surface area contributed by atoms with E-state index in [1.54, 1.807) is 7.11 Å². The molecule has 0 saturated heterocycles. The van der Waals surface area contributed by atoms with E-state index in [1.165, 1.54) is 11.1 Å². The van der Waals surface area contributed by atoms with Gasteiger partial charge in [-0.05, 0) is 30.4 Å². The van der Waals surface area contributed by atoms with Crippen molar-refractivity contribution in [1.82, 2.24) is 10.1 Å². The predicted octanol–water partition coefficient (Wildman–Crippen LogP) is 2.18. The van der Waals surface area contributed by atoms with Gasteiger partial charge in [-0.15, -0.1) is 0 Å². The number of nitrogens with zero attached hydrogens (tertiary/aromatic N) is 2. The first-order chi connectivity index (χ1) is 9.83. The van der Waals surface area contributed by atoms with Crippen LogP contribution in [0.5, 0.6) is 0 Å². The zero-order chi connectivity index (χ0) is 13.9. The SMILES string of the molecule is COC(CN)c1nc(C2CCCc3ccccc32)no1. The number of methoxy groups -OCH3 is 1. The molecule has 1 aromatic heterocycles. The first-order valence-electron chi connectivity index (χ1n) is 6.97. The molecular formula is C15H19N3O2. The second kappa shape index (κ2) is 5.73. The summed E-state index contributed by atoms with van der Waals surface area (Å²) in [5.41, 5.74) is 8.33. The van der Waals surface area contributed by atoms with Crippen LogP contribution in [0.1, 0.15) is 47.7 Å². The summed E-state index contributed by atoms with van der Waals surface area (Å²) in [6.45, 7) is 0.333. The molecule has 2 atom stereocenters. The van der Waals surface area contributed by atoms with Crippen LogP contribution < -0.4 is 5.73 Å². The van der Waals surface area contributed by atoms with E-state index in [-0.39, 0.29) is 12.0 Å². The number of rotatable bonds is 4. The van der Waals surface area contributed by atoms with Crippen LogP contribution in [-0.4, -0.2) is 23.8 Å². The number of ether oxygens (including phenoxy) is 1. The summed E-state index contributed by atoms with van der Waals surface area (Å²) >= 11 is 0. The van der Waals surface area contributed by atoms with Gasteiger partial charge in [0.05, 0.1) is 0 Å². The maximum atomic E-state index is 5.63. The summed E-state index contributed by atoms with van der Waals surface area (Å²) < 4.78 is 10.5. The van der Waals surface area contributed by atoms with Crippen LogP contribution in [0.4, 0.5) is 0 Å². The number of nitrogens with two attached hydrogens (primary N) is 1. The van der Waals surface area contributed by atoms with Crippen LogP contribution in [0.2, 0.25) is 0 Å². The number of hydrogen-bond acceptors (Lipinski definition) is 5. The Hall–Kier alpha value is -1.72. The van der Waals surface area contributed by atoms with E-state index >= 15 is 0 Å². The summed E-state index contributed by atoms with van der Waals surface area (Å²) in [7, 11) is 1.59. The van der Waals surface area contributed by atoms with Crippen LogP contribution >= 0.6 is 0 Å². The van der Waals surface area contributed by atoms with Crippen molar-refractivity contribution in [3.8, 4) is 0 Å². The highest BCUT2D eigenvalue weighted by Gasteiger charge is 2.27. The zero-order valence-corrected chi connectivity index (χ0v) is 11.6. The Balaban J connectivity index is 1.91. The minimum absolute atomic E-state index is 0.215. The minimum atomic E-state index is -0.324. The monoisotopic (exact) mass is 273 g/mol. The second-order valence-corrected chi connectivity index (χ2v) is 5.09. The van der Waals surface area contributed by atoms with Gasteiger partial charge in [-0.25, -0.2) is 0 Å². The Bertz CT molecular complexity index is 578. The van der Waals surface area contributed by atoms with E-state index in [1.807, 2.05) is 0 Å². The summed E-state index contributed by atoms with van der Waals surface area (Å²) in [5.74, 6) is 1.42. The highest BCUT2D eigenvalue weighted by atomic mass is 16.5. The number of aryl methyl sites for hydroxylation is 1. The van der Waals surface area contributed by atoms with Gasteiger partial charge >= 0.3 is 0 Å². The molecule has 5 heteroatoms. The quantitative estimate of drug-likeness (QED) is 0.924. The molecule has 2 unspecified atom stereocenters. The van der Waals surface area contributed by atoms with E-state index in [0.717, 1.165) is 25.1 Å². The van der Waals surface area contributed by atoms with Gasteiger partial charge < -0.3 is 15.0 Å². The molecule has 1 aromatic carbocycles. The summed E-state index contributed by atoms with van der Waals surface area (Å²) in [4.78, 5) is 4.49. The molecule has 0 amide bonds. The van der Waals surface area contributed by atoms with Crippen molar-refractivity contribution in [1.29, 1.82) is 0 Å². The molecule has 0 saturated carbocycles. The fourth-order valence-corrected chi connectivity index (χ4v) is 2.84. The molecule has 1 heterocycles. The Morgan fingerprint density at radius 1 is 1.45 bits per heavy atom. The highest BCUT2D eigenvalue weighted by Crippen LogP contribution is 2.35. The van der Waals surface area contributed by atoms with Crippen molar-refractivity contribution in [3.63, 3.8) is 0 Å². The van der Waals surface area contributed by atoms with Crippen molar-refractivity contribution in [2.75, 3.05) is 13.7 Å². The first kappa shape index (κ1) is 13.3. The van der Waals surface area contributed by atoms with Gasteiger partial charge in [0.25, 0.3) is 5.89 Å². The van der Waals surface area contributed by atoms with E-state index in [2.05, 4.69) is 34.4 Å². The van der Waals surface area contributed by atoms with Gasteiger partial charge in [-0.1, -0.05) is 29.4 Å². The molecule has 2 aromatic rings. The second-order valence-electron chi connectivity index (χ2n) is 5.09. The number of fused-ring (bicyclic) bond motifs is 1. The Morgan fingerprint density at radius 3 is 3.10 bits per heavy atom. The van der Waals surface area contributed by atoms with E-state index < -0.39 is 0 Å². The van der Waals surface area contributed by atoms with Crippen molar-refractivity contribution in [3.05, 3.63) is 47.1 Å². The number of benzene rings is 1. The molecule has 20 heavy (non-hydrogen) atoms.